The van der Waals surface area contributed by atoms with Crippen molar-refractivity contribution in [2.45, 2.75) is 24.9 Å². The SMILES string of the molecule is O=C(c1coc(C2CCOCC2)n1)N1CCOC(c2ccsc2)C1. The zero-order valence-electron chi connectivity index (χ0n) is 13.3. The van der Waals surface area contributed by atoms with Crippen LogP contribution in [0.1, 0.15) is 46.8 Å². The maximum absolute atomic E-state index is 12.7. The molecule has 0 aromatic carbocycles. The molecule has 0 radical (unpaired) electrons. The molecule has 2 aliphatic rings. The molecule has 4 rings (SSSR count). The number of oxazole rings is 1. The smallest absolute Gasteiger partial charge is 0.275 e. The highest BCUT2D eigenvalue weighted by molar-refractivity contribution is 7.07. The van der Waals surface area contributed by atoms with Gasteiger partial charge in [0.25, 0.3) is 5.91 Å². The molecule has 0 N–H and O–H groups in total. The Morgan fingerprint density at radius 2 is 2.17 bits per heavy atom. The molecule has 0 aliphatic carbocycles. The fourth-order valence-corrected chi connectivity index (χ4v) is 3.88. The lowest BCUT2D eigenvalue weighted by Gasteiger charge is -2.32. The van der Waals surface area contributed by atoms with E-state index in [9.17, 15) is 4.79 Å². The van der Waals surface area contributed by atoms with E-state index in [0.29, 0.717) is 31.3 Å². The standard InChI is InChI=1S/C17H20N2O4S/c20-17(14-10-23-16(18-14)12-1-5-21-6-2-12)19-4-7-22-15(9-19)13-3-8-24-11-13/h3,8,10-12,15H,1-2,4-7,9H2. The number of ether oxygens (including phenoxy) is 2. The minimum absolute atomic E-state index is 0.0594. The molecule has 2 aliphatic heterocycles. The topological polar surface area (TPSA) is 64.8 Å². The van der Waals surface area contributed by atoms with Gasteiger partial charge in [0.1, 0.15) is 12.4 Å². The number of hydrogen-bond acceptors (Lipinski definition) is 6. The number of morpholine rings is 1. The number of amides is 1. The second-order valence-corrected chi connectivity index (χ2v) is 6.90. The second kappa shape index (κ2) is 7.04. The number of thiophene rings is 1. The molecule has 2 saturated heterocycles. The van der Waals surface area contributed by atoms with Crippen LogP contribution in [0.2, 0.25) is 0 Å². The van der Waals surface area contributed by atoms with E-state index in [2.05, 4.69) is 10.4 Å². The Morgan fingerprint density at radius 3 is 2.96 bits per heavy atom. The van der Waals surface area contributed by atoms with Gasteiger partial charge in [-0.2, -0.15) is 11.3 Å². The Hall–Kier alpha value is -1.70. The highest BCUT2D eigenvalue weighted by Gasteiger charge is 2.29. The van der Waals surface area contributed by atoms with Gasteiger partial charge in [-0.1, -0.05) is 0 Å². The van der Waals surface area contributed by atoms with Crippen molar-refractivity contribution >= 4 is 17.2 Å². The summed E-state index contributed by atoms with van der Waals surface area (Å²) in [7, 11) is 0. The molecule has 24 heavy (non-hydrogen) atoms. The molecule has 1 unspecified atom stereocenters. The van der Waals surface area contributed by atoms with Gasteiger partial charge in [0.2, 0.25) is 0 Å². The summed E-state index contributed by atoms with van der Waals surface area (Å²) in [5.74, 6) is 0.827. The van der Waals surface area contributed by atoms with Gasteiger partial charge in [0, 0.05) is 25.7 Å². The van der Waals surface area contributed by atoms with Crippen molar-refractivity contribution in [1.29, 1.82) is 0 Å². The molecule has 128 valence electrons. The predicted molar refractivity (Wildman–Crippen MR) is 88.2 cm³/mol. The first kappa shape index (κ1) is 15.8. The largest absolute Gasteiger partial charge is 0.448 e. The van der Waals surface area contributed by atoms with Crippen molar-refractivity contribution in [3.63, 3.8) is 0 Å². The molecule has 6 nitrogen and oxygen atoms in total. The molecule has 2 aromatic rings. The van der Waals surface area contributed by atoms with Crippen LogP contribution in [-0.4, -0.2) is 48.7 Å². The summed E-state index contributed by atoms with van der Waals surface area (Å²) in [6.07, 6.45) is 3.22. The van der Waals surface area contributed by atoms with E-state index in [4.69, 9.17) is 13.9 Å². The summed E-state index contributed by atoms with van der Waals surface area (Å²) in [5, 5.41) is 4.09. The van der Waals surface area contributed by atoms with Gasteiger partial charge in [0.15, 0.2) is 11.6 Å². The lowest BCUT2D eigenvalue weighted by molar-refractivity contribution is -0.0228. The van der Waals surface area contributed by atoms with Crippen molar-refractivity contribution in [2.24, 2.45) is 0 Å². The van der Waals surface area contributed by atoms with E-state index in [-0.39, 0.29) is 17.9 Å². The van der Waals surface area contributed by atoms with Crippen molar-refractivity contribution in [3.05, 3.63) is 40.2 Å². The third kappa shape index (κ3) is 3.24. The van der Waals surface area contributed by atoms with Crippen molar-refractivity contribution in [3.8, 4) is 0 Å². The first-order valence-electron chi connectivity index (χ1n) is 8.27. The van der Waals surface area contributed by atoms with Gasteiger partial charge >= 0.3 is 0 Å². The fraction of sp³-hybridized carbons (Fsp3) is 0.529. The van der Waals surface area contributed by atoms with Crippen molar-refractivity contribution in [2.75, 3.05) is 32.9 Å². The molecule has 0 bridgehead atoms. The summed E-state index contributed by atoms with van der Waals surface area (Å²) in [5.41, 5.74) is 1.52. The average molecular weight is 348 g/mol. The normalized spacial score (nSPS) is 22.7. The highest BCUT2D eigenvalue weighted by Crippen LogP contribution is 2.28. The average Bonchev–Trinajstić information content (AvgIpc) is 3.34. The lowest BCUT2D eigenvalue weighted by Crippen LogP contribution is -2.42. The fourth-order valence-electron chi connectivity index (χ4n) is 3.17. The zero-order chi connectivity index (χ0) is 16.4. The predicted octanol–water partition coefficient (Wildman–Crippen LogP) is 2.84. The van der Waals surface area contributed by atoms with Crippen LogP contribution >= 0.6 is 11.3 Å². The number of rotatable bonds is 3. The van der Waals surface area contributed by atoms with Crippen LogP contribution in [0.5, 0.6) is 0 Å². The van der Waals surface area contributed by atoms with Crippen molar-refractivity contribution < 1.29 is 18.7 Å². The number of carbonyl (C=O) groups excluding carboxylic acids is 1. The number of aromatic nitrogens is 1. The van der Waals surface area contributed by atoms with Gasteiger partial charge in [-0.15, -0.1) is 0 Å². The van der Waals surface area contributed by atoms with E-state index in [1.165, 1.54) is 6.26 Å². The minimum Gasteiger partial charge on any atom is -0.448 e. The lowest BCUT2D eigenvalue weighted by atomic mass is 10.0. The molecular formula is C17H20N2O4S. The van der Waals surface area contributed by atoms with Crippen LogP contribution in [0.15, 0.2) is 27.5 Å². The van der Waals surface area contributed by atoms with Crippen molar-refractivity contribution in [1.82, 2.24) is 9.88 Å². The molecule has 0 spiro atoms. The Morgan fingerprint density at radius 1 is 1.29 bits per heavy atom. The Bertz CT molecular complexity index is 679. The highest BCUT2D eigenvalue weighted by atomic mass is 32.1. The summed E-state index contributed by atoms with van der Waals surface area (Å²) in [6.45, 7) is 3.12. The van der Waals surface area contributed by atoms with Gasteiger partial charge in [-0.25, -0.2) is 4.98 Å². The summed E-state index contributed by atoms with van der Waals surface area (Å²) in [6, 6.07) is 2.04. The second-order valence-electron chi connectivity index (χ2n) is 6.12. The molecule has 1 atom stereocenters. The maximum Gasteiger partial charge on any atom is 0.275 e. The Balaban J connectivity index is 1.44. The molecule has 2 fully saturated rings. The zero-order valence-corrected chi connectivity index (χ0v) is 14.2. The number of nitrogens with zero attached hydrogens (tertiary/aromatic N) is 2. The van der Waals surface area contributed by atoms with Crippen LogP contribution in [0.3, 0.4) is 0 Å². The quantitative estimate of drug-likeness (QED) is 0.853. The molecular weight excluding hydrogens is 328 g/mol. The monoisotopic (exact) mass is 348 g/mol. The van der Waals surface area contributed by atoms with Crippen LogP contribution in [0.4, 0.5) is 0 Å². The molecule has 2 aromatic heterocycles. The van der Waals surface area contributed by atoms with E-state index in [0.717, 1.165) is 31.6 Å². The molecule has 4 heterocycles. The van der Waals surface area contributed by atoms with E-state index >= 15 is 0 Å². The summed E-state index contributed by atoms with van der Waals surface area (Å²) < 4.78 is 16.7. The van der Waals surface area contributed by atoms with E-state index in [1.807, 2.05) is 11.4 Å². The number of hydrogen-bond donors (Lipinski definition) is 0. The van der Waals surface area contributed by atoms with E-state index < -0.39 is 0 Å². The Labute approximate surface area is 144 Å². The molecule has 7 heteroatoms. The van der Waals surface area contributed by atoms with Gasteiger partial charge < -0.3 is 18.8 Å². The van der Waals surface area contributed by atoms with Gasteiger partial charge in [0.05, 0.1) is 13.2 Å². The third-order valence-electron chi connectivity index (χ3n) is 4.58. The van der Waals surface area contributed by atoms with Gasteiger partial charge in [-0.05, 0) is 35.2 Å². The van der Waals surface area contributed by atoms with Crippen LogP contribution in [0, 0.1) is 0 Å². The molecule has 0 saturated carbocycles. The third-order valence-corrected chi connectivity index (χ3v) is 5.28. The maximum atomic E-state index is 12.7. The molecule has 1 amide bonds. The summed E-state index contributed by atoms with van der Waals surface area (Å²) in [4.78, 5) is 19.0. The minimum atomic E-state index is -0.0828. The summed E-state index contributed by atoms with van der Waals surface area (Å²) >= 11 is 1.64. The van der Waals surface area contributed by atoms with Gasteiger partial charge in [-0.3, -0.25) is 4.79 Å². The van der Waals surface area contributed by atoms with E-state index in [1.54, 1.807) is 16.2 Å². The first-order valence-corrected chi connectivity index (χ1v) is 9.21. The van der Waals surface area contributed by atoms with Crippen LogP contribution < -0.4 is 0 Å². The first-order chi connectivity index (χ1) is 11.8. The Kier molecular flexibility index (Phi) is 4.64. The van der Waals surface area contributed by atoms with Crippen LogP contribution in [-0.2, 0) is 9.47 Å². The number of carbonyl (C=O) groups is 1. The van der Waals surface area contributed by atoms with Crippen LogP contribution in [0.25, 0.3) is 0 Å².